The van der Waals surface area contributed by atoms with Crippen LogP contribution in [0.2, 0.25) is 0 Å². The van der Waals surface area contributed by atoms with Gasteiger partial charge in [-0.1, -0.05) is 26.0 Å². The summed E-state index contributed by atoms with van der Waals surface area (Å²) in [6, 6.07) is 5.56. The zero-order valence-corrected chi connectivity index (χ0v) is 12.7. The fourth-order valence-corrected chi connectivity index (χ4v) is 4.76. The van der Waals surface area contributed by atoms with E-state index in [4.69, 9.17) is 0 Å². The monoisotopic (exact) mass is 303 g/mol. The molecule has 0 atom stereocenters. The molecule has 0 spiro atoms. The molecule has 106 valence electrons. The molecule has 1 aromatic carbocycles. The van der Waals surface area contributed by atoms with Crippen LogP contribution in [0.1, 0.15) is 20.3 Å². The zero-order valence-electron chi connectivity index (χ0n) is 11.1. The predicted molar refractivity (Wildman–Crippen MR) is 76.3 cm³/mol. The molecule has 2 rings (SSSR count). The van der Waals surface area contributed by atoms with E-state index in [2.05, 4.69) is 13.8 Å². The number of thioether (sulfide) groups is 1. The first-order valence-electron chi connectivity index (χ1n) is 6.22. The first-order valence-corrected chi connectivity index (χ1v) is 8.64. The Kier molecular flexibility index (Phi) is 4.23. The second kappa shape index (κ2) is 5.42. The fourth-order valence-electron chi connectivity index (χ4n) is 2.04. The lowest BCUT2D eigenvalue weighted by atomic mass is 10.1. The van der Waals surface area contributed by atoms with Gasteiger partial charge in [-0.05, 0) is 18.6 Å². The minimum absolute atomic E-state index is 0.0690. The Bertz CT molecular complexity index is 558. The van der Waals surface area contributed by atoms with Crippen molar-refractivity contribution >= 4 is 21.8 Å². The molecule has 19 heavy (non-hydrogen) atoms. The highest BCUT2D eigenvalue weighted by molar-refractivity contribution is 8.00. The second-order valence-electron chi connectivity index (χ2n) is 5.19. The lowest BCUT2D eigenvalue weighted by Gasteiger charge is -2.22. The largest absolute Gasteiger partial charge is 0.246 e. The summed E-state index contributed by atoms with van der Waals surface area (Å²) in [6.07, 6.45) is 0.769. The third-order valence-corrected chi connectivity index (χ3v) is 6.56. The van der Waals surface area contributed by atoms with Crippen molar-refractivity contribution < 1.29 is 12.8 Å². The van der Waals surface area contributed by atoms with Crippen molar-refractivity contribution in [2.45, 2.75) is 29.9 Å². The Morgan fingerprint density at radius 2 is 1.95 bits per heavy atom. The standard InChI is InChI=1S/C13H18FNO2S2/c1-13(2)7-8-15(9-10-18-13)19(16,17)12-6-4-3-5-11(12)14/h3-6H,7-10H2,1-2H3. The van der Waals surface area contributed by atoms with Gasteiger partial charge in [-0.25, -0.2) is 12.8 Å². The average molecular weight is 303 g/mol. The minimum atomic E-state index is -3.72. The van der Waals surface area contributed by atoms with Crippen molar-refractivity contribution in [2.75, 3.05) is 18.8 Å². The quantitative estimate of drug-likeness (QED) is 0.843. The van der Waals surface area contributed by atoms with Gasteiger partial charge in [-0.15, -0.1) is 0 Å². The molecule has 1 aliphatic heterocycles. The van der Waals surface area contributed by atoms with Crippen LogP contribution in [0.3, 0.4) is 0 Å². The van der Waals surface area contributed by atoms with Crippen LogP contribution in [-0.2, 0) is 10.0 Å². The molecule has 0 unspecified atom stereocenters. The molecular weight excluding hydrogens is 285 g/mol. The third kappa shape index (κ3) is 3.30. The number of benzene rings is 1. The number of hydrogen-bond acceptors (Lipinski definition) is 3. The maximum absolute atomic E-state index is 13.7. The van der Waals surface area contributed by atoms with E-state index in [0.29, 0.717) is 13.1 Å². The molecular formula is C13H18FNO2S2. The first-order chi connectivity index (χ1) is 8.83. The van der Waals surface area contributed by atoms with Gasteiger partial charge >= 0.3 is 0 Å². The molecule has 0 saturated carbocycles. The molecule has 0 N–H and O–H groups in total. The number of hydrogen-bond donors (Lipinski definition) is 0. The summed E-state index contributed by atoms with van der Waals surface area (Å²) in [5.74, 6) is 0.0550. The van der Waals surface area contributed by atoms with E-state index in [0.717, 1.165) is 12.2 Å². The molecule has 6 heteroatoms. The third-order valence-electron chi connectivity index (χ3n) is 3.25. The maximum atomic E-state index is 13.7. The Morgan fingerprint density at radius 1 is 1.26 bits per heavy atom. The average Bonchev–Trinajstić information content (AvgIpc) is 2.51. The molecule has 0 radical (unpaired) electrons. The highest BCUT2D eigenvalue weighted by Crippen LogP contribution is 2.32. The molecule has 1 aliphatic rings. The first kappa shape index (κ1) is 14.8. The van der Waals surface area contributed by atoms with Gasteiger partial charge in [0.1, 0.15) is 10.7 Å². The Balaban J connectivity index is 2.28. The minimum Gasteiger partial charge on any atom is -0.207 e. The van der Waals surface area contributed by atoms with Crippen molar-refractivity contribution in [3.8, 4) is 0 Å². The molecule has 1 heterocycles. The van der Waals surface area contributed by atoms with Gasteiger partial charge in [0.05, 0.1) is 0 Å². The van der Waals surface area contributed by atoms with Gasteiger partial charge in [0.2, 0.25) is 10.0 Å². The fraction of sp³-hybridized carbons (Fsp3) is 0.538. The number of halogens is 1. The SMILES string of the molecule is CC1(C)CCN(S(=O)(=O)c2ccccc2F)CCS1. The Morgan fingerprint density at radius 3 is 2.63 bits per heavy atom. The molecule has 1 fully saturated rings. The summed E-state index contributed by atoms with van der Waals surface area (Å²) in [7, 11) is -3.72. The zero-order chi connectivity index (χ0) is 14.1. The van der Waals surface area contributed by atoms with E-state index in [1.165, 1.54) is 22.5 Å². The van der Waals surface area contributed by atoms with Gasteiger partial charge in [0, 0.05) is 23.6 Å². The van der Waals surface area contributed by atoms with E-state index in [-0.39, 0.29) is 9.64 Å². The van der Waals surface area contributed by atoms with Crippen LogP contribution >= 0.6 is 11.8 Å². The summed E-state index contributed by atoms with van der Waals surface area (Å²) >= 11 is 1.76. The van der Waals surface area contributed by atoms with Gasteiger partial charge in [-0.2, -0.15) is 16.1 Å². The van der Waals surface area contributed by atoms with Crippen LogP contribution in [0.15, 0.2) is 29.2 Å². The summed E-state index contributed by atoms with van der Waals surface area (Å²) in [6.45, 7) is 5.09. The van der Waals surface area contributed by atoms with Crippen molar-refractivity contribution in [1.82, 2.24) is 4.31 Å². The van der Waals surface area contributed by atoms with Crippen LogP contribution in [0.5, 0.6) is 0 Å². The van der Waals surface area contributed by atoms with Crippen LogP contribution in [-0.4, -0.2) is 36.3 Å². The Labute approximate surface area is 118 Å². The van der Waals surface area contributed by atoms with Crippen LogP contribution in [0, 0.1) is 5.82 Å². The van der Waals surface area contributed by atoms with Crippen LogP contribution < -0.4 is 0 Å². The summed E-state index contributed by atoms with van der Waals surface area (Å²) in [5.41, 5.74) is 0. The molecule has 0 aliphatic carbocycles. The summed E-state index contributed by atoms with van der Waals surface area (Å²) < 4.78 is 40.0. The number of nitrogens with zero attached hydrogens (tertiary/aromatic N) is 1. The van der Waals surface area contributed by atoms with Gasteiger partial charge in [0.15, 0.2) is 0 Å². The molecule has 0 aromatic heterocycles. The van der Waals surface area contributed by atoms with E-state index in [9.17, 15) is 12.8 Å². The predicted octanol–water partition coefficient (Wildman–Crippen LogP) is 2.73. The molecule has 0 bridgehead atoms. The van der Waals surface area contributed by atoms with E-state index >= 15 is 0 Å². The molecule has 1 saturated heterocycles. The van der Waals surface area contributed by atoms with Crippen molar-refractivity contribution in [1.29, 1.82) is 0 Å². The number of rotatable bonds is 2. The lowest BCUT2D eigenvalue weighted by molar-refractivity contribution is 0.412. The van der Waals surface area contributed by atoms with Gasteiger partial charge in [0.25, 0.3) is 0 Å². The smallest absolute Gasteiger partial charge is 0.207 e. The summed E-state index contributed by atoms with van der Waals surface area (Å²) in [4.78, 5) is -0.222. The number of sulfonamides is 1. The normalized spacial score (nSPS) is 21.0. The topological polar surface area (TPSA) is 37.4 Å². The van der Waals surface area contributed by atoms with Gasteiger partial charge in [-0.3, -0.25) is 0 Å². The molecule has 1 aromatic rings. The molecule has 0 amide bonds. The Hall–Kier alpha value is -0.590. The van der Waals surface area contributed by atoms with Crippen molar-refractivity contribution in [3.05, 3.63) is 30.1 Å². The van der Waals surface area contributed by atoms with Crippen LogP contribution in [0.4, 0.5) is 4.39 Å². The molecule has 3 nitrogen and oxygen atoms in total. The van der Waals surface area contributed by atoms with Gasteiger partial charge < -0.3 is 0 Å². The van der Waals surface area contributed by atoms with Crippen molar-refractivity contribution in [3.63, 3.8) is 0 Å². The maximum Gasteiger partial charge on any atom is 0.246 e. The lowest BCUT2D eigenvalue weighted by Crippen LogP contribution is -2.34. The van der Waals surface area contributed by atoms with E-state index < -0.39 is 15.8 Å². The highest BCUT2D eigenvalue weighted by atomic mass is 32.2. The summed E-state index contributed by atoms with van der Waals surface area (Å²) in [5, 5.41) is 0. The van der Waals surface area contributed by atoms with Crippen molar-refractivity contribution in [2.24, 2.45) is 0 Å². The van der Waals surface area contributed by atoms with E-state index in [1.807, 2.05) is 0 Å². The van der Waals surface area contributed by atoms with Crippen LogP contribution in [0.25, 0.3) is 0 Å². The second-order valence-corrected chi connectivity index (χ2v) is 8.90. The van der Waals surface area contributed by atoms with E-state index in [1.54, 1.807) is 17.8 Å². The highest BCUT2D eigenvalue weighted by Gasteiger charge is 2.32.